The number of nitrogens with one attached hydrogen (secondary N) is 9. The zero-order chi connectivity index (χ0) is 73.8. The van der Waals surface area contributed by atoms with Crippen LogP contribution < -0.4 is 42.5 Å². The molecule has 4 aliphatic rings. The van der Waals surface area contributed by atoms with Crippen molar-refractivity contribution in [1.29, 1.82) is 0 Å². The number of hydrogen-bond acceptors (Lipinski definition) is 20. The van der Waals surface area contributed by atoms with Gasteiger partial charge in [0, 0.05) is 104 Å². The van der Waals surface area contributed by atoms with Crippen LogP contribution in [-0.2, 0) is 90.9 Å². The van der Waals surface area contributed by atoms with Gasteiger partial charge in [-0.25, -0.2) is 0 Å². The number of amides is 11. The van der Waals surface area contributed by atoms with E-state index < -0.39 is 223 Å². The highest BCUT2D eigenvalue weighted by Gasteiger charge is 2.46. The van der Waals surface area contributed by atoms with E-state index in [2.05, 4.69) is 47.5 Å². The van der Waals surface area contributed by atoms with E-state index in [0.29, 0.717) is 17.7 Å². The largest absolute Gasteiger partial charge is 0.508 e. The van der Waals surface area contributed by atoms with Crippen LogP contribution in [0.5, 0.6) is 5.75 Å². The van der Waals surface area contributed by atoms with Crippen molar-refractivity contribution in [2.75, 3.05) is 43.9 Å². The molecule has 11 amide bonds. The van der Waals surface area contributed by atoms with Gasteiger partial charge < -0.3 is 72.8 Å². The number of aliphatic hydroxyl groups excluding tert-OH is 3. The number of aliphatic hydroxyl groups is 3. The van der Waals surface area contributed by atoms with E-state index >= 15 is 13.8 Å². The maximum atomic E-state index is 15.2. The number of H-pyrrole nitrogens is 1. The molecule has 32 heteroatoms. The molecule has 13 N–H and O–H groups in total. The van der Waals surface area contributed by atoms with Gasteiger partial charge >= 0.3 is 0 Å². The second kappa shape index (κ2) is 34.7. The van der Waals surface area contributed by atoms with Crippen molar-refractivity contribution in [2.24, 2.45) is 35.5 Å². The summed E-state index contributed by atoms with van der Waals surface area (Å²) in [5, 5.41) is 63.3. The molecule has 7 rings (SSSR count). The number of nitrogens with zero attached hydrogens (tertiary/aromatic N) is 2. The normalized spacial score (nSPS) is 24.9. The fourth-order valence-electron chi connectivity index (χ4n) is 12.5. The summed E-state index contributed by atoms with van der Waals surface area (Å²) in [6.45, 7) is 12.2. The zero-order valence-corrected chi connectivity index (χ0v) is 59.2. The van der Waals surface area contributed by atoms with Gasteiger partial charge in [-0.3, -0.25) is 76.2 Å². The number of fused-ring (bicyclic) bond motifs is 5. The third-order valence-electron chi connectivity index (χ3n) is 18.4. The van der Waals surface area contributed by atoms with Gasteiger partial charge in [0.1, 0.15) is 22.9 Å². The number of aromatic hydroxyl groups is 1. The highest BCUT2D eigenvalue weighted by Crippen LogP contribution is 2.36. The summed E-state index contributed by atoms with van der Waals surface area (Å²) >= 11 is 1.38. The second-order valence-electron chi connectivity index (χ2n) is 27.7. The van der Waals surface area contributed by atoms with Gasteiger partial charge in [0.25, 0.3) is 0 Å². The van der Waals surface area contributed by atoms with E-state index in [0.717, 1.165) is 9.80 Å². The first kappa shape index (κ1) is 78.9. The molecule has 546 valence electrons. The molecule has 3 aromatic rings. The highest BCUT2D eigenvalue weighted by atomic mass is 32.2. The lowest BCUT2D eigenvalue weighted by atomic mass is 9.85. The second-order valence-corrected chi connectivity index (χ2v) is 31.1. The molecular weight excluding hydrogens is 1340 g/mol. The van der Waals surface area contributed by atoms with Gasteiger partial charge in [0.2, 0.25) is 65.0 Å². The quantitative estimate of drug-likeness (QED) is 0.0652. The number of aromatic amines is 1. The maximum Gasteiger partial charge on any atom is 0.243 e. The smallest absolute Gasteiger partial charge is 0.243 e. The van der Waals surface area contributed by atoms with E-state index in [-0.39, 0.29) is 82.1 Å². The summed E-state index contributed by atoms with van der Waals surface area (Å²) in [6.07, 6.45) is -6.51. The van der Waals surface area contributed by atoms with Crippen molar-refractivity contribution >= 4 is 121 Å². The van der Waals surface area contributed by atoms with E-state index in [1.165, 1.54) is 55.9 Å². The number of imide groups is 1. The number of hydrogen-bond donors (Lipinski definition) is 13. The van der Waals surface area contributed by atoms with Crippen LogP contribution in [0.2, 0.25) is 0 Å². The third kappa shape index (κ3) is 20.8. The summed E-state index contributed by atoms with van der Waals surface area (Å²) < 4.78 is 14.8. The van der Waals surface area contributed by atoms with E-state index in [1.54, 1.807) is 39.8 Å². The van der Waals surface area contributed by atoms with Gasteiger partial charge in [0.15, 0.2) is 17.3 Å². The van der Waals surface area contributed by atoms with Crippen molar-refractivity contribution in [3.05, 3.63) is 53.6 Å². The molecule has 2 unspecified atom stereocenters. The minimum Gasteiger partial charge on any atom is -0.508 e. The number of phenols is 1. The number of likely N-dealkylation sites (tertiary alicyclic amines) is 1. The predicted octanol–water partition coefficient (Wildman–Crippen LogP) is -0.184. The Hall–Kier alpha value is -8.46. The van der Waals surface area contributed by atoms with Crippen LogP contribution >= 0.6 is 11.8 Å². The van der Waals surface area contributed by atoms with Crippen LogP contribution in [-0.4, -0.2) is 213 Å². The third-order valence-corrected chi connectivity index (χ3v) is 21.2. The zero-order valence-electron chi connectivity index (χ0n) is 57.6. The van der Waals surface area contributed by atoms with Crippen molar-refractivity contribution in [1.82, 2.24) is 52.0 Å². The van der Waals surface area contributed by atoms with Gasteiger partial charge in [0.05, 0.1) is 83.3 Å². The average molecular weight is 1430 g/mol. The monoisotopic (exact) mass is 1430 g/mol. The fraction of sp³-hybridized carbons (Fsp3) is 0.588. The van der Waals surface area contributed by atoms with Crippen molar-refractivity contribution in [3.8, 4) is 5.75 Å². The number of carbonyl (C=O) groups is 14. The Balaban J connectivity index is 1.13. The van der Waals surface area contributed by atoms with Crippen LogP contribution in [0, 0.1) is 35.5 Å². The Kier molecular flexibility index (Phi) is 27.4. The molecule has 1 aromatic heterocycles. The van der Waals surface area contributed by atoms with Crippen LogP contribution in [0.3, 0.4) is 0 Å². The number of rotatable bonds is 20. The number of aromatic nitrogens is 1. The molecule has 14 atom stereocenters. The lowest BCUT2D eigenvalue weighted by molar-refractivity contribution is -0.145. The Morgan fingerprint density at radius 2 is 1.46 bits per heavy atom. The predicted molar refractivity (Wildman–Crippen MR) is 365 cm³/mol. The van der Waals surface area contributed by atoms with Crippen LogP contribution in [0.25, 0.3) is 10.9 Å². The number of benzene rings is 2. The lowest BCUT2D eigenvalue weighted by Crippen LogP contribution is -2.56. The summed E-state index contributed by atoms with van der Waals surface area (Å²) in [4.78, 5) is 201. The molecule has 2 aromatic carbocycles. The number of Topliss-reactive ketones (excluding diaryl/α,β-unsaturated/α-hetero) is 3. The molecule has 0 aliphatic carbocycles. The standard InChI is InChI=1S/C68H93N11O19S2/c1-10-34(4)59-64(95)71-28-55(89)73-46-32-100(98)65-44(43-16-15-41(81)24-45(43)74-65)20-38(62(93)70-29-56(90)76-59)21-50(85)60(36(6)51(86)31-80)77-63(94)47-25-42(82)30-79(47)66(96)39(22-48(46)83)23-54(88)69-27-37-11-13-40(14-12-37)72-61(92)35(5)19-49(84)58(33(2)3)75-53(87)17-18-78-57(91)26-52(67(78)97)99-68(7,8)9/h11-16,24,33-36,38-39,42,46-47,51-52,58-60,74,80-82,86H,10,17-23,25-32H2,1-9H3,(H,69,88)(H,70,93)(H,71,95)(H,72,92)(H,73,89)(H,75,87)(H,76,90)(H,77,94)/t34-,35+,36-,38+,39-,42+,46-,47-,51-,52?,58-,59-,60-,100?/m0/s1. The summed E-state index contributed by atoms with van der Waals surface area (Å²) in [5.41, 5.74) is 1.06. The maximum absolute atomic E-state index is 15.2. The van der Waals surface area contributed by atoms with Gasteiger partial charge in [-0.05, 0) is 53.6 Å². The summed E-state index contributed by atoms with van der Waals surface area (Å²) in [7, 11) is -2.41. The molecule has 4 aliphatic heterocycles. The molecule has 0 spiro atoms. The van der Waals surface area contributed by atoms with Crippen LogP contribution in [0.15, 0.2) is 47.5 Å². The average Bonchev–Trinajstić information content (AvgIpc) is 1.63. The molecule has 0 radical (unpaired) electrons. The summed E-state index contributed by atoms with van der Waals surface area (Å²) in [6, 6.07) is 2.79. The minimum atomic E-state index is -2.41. The highest BCUT2D eigenvalue weighted by molar-refractivity contribution is 8.01. The molecular formula is C68H93N11O19S2. The van der Waals surface area contributed by atoms with Crippen molar-refractivity contribution < 1.29 is 91.8 Å². The van der Waals surface area contributed by atoms with E-state index in [4.69, 9.17) is 0 Å². The molecule has 2 saturated heterocycles. The number of anilines is 1. The van der Waals surface area contributed by atoms with Gasteiger partial charge in [-0.2, -0.15) is 0 Å². The van der Waals surface area contributed by atoms with Gasteiger partial charge in [-0.1, -0.05) is 80.9 Å². The number of ketones is 3. The van der Waals surface area contributed by atoms with E-state index in [1.807, 2.05) is 20.8 Å². The molecule has 30 nitrogen and oxygen atoms in total. The molecule has 0 saturated carbocycles. The Morgan fingerprint density at radius 1 is 0.790 bits per heavy atom. The van der Waals surface area contributed by atoms with Crippen LogP contribution in [0.1, 0.15) is 125 Å². The number of carbonyl (C=O) groups excluding carboxylic acids is 14. The fourth-order valence-corrected chi connectivity index (χ4v) is 15.2. The van der Waals surface area contributed by atoms with E-state index in [9.17, 15) is 78.0 Å². The molecule has 2 bridgehead atoms. The molecule has 2 fully saturated rings. The Bertz CT molecular complexity index is 3650. The lowest BCUT2D eigenvalue weighted by Gasteiger charge is -2.32. The van der Waals surface area contributed by atoms with Crippen molar-refractivity contribution in [3.63, 3.8) is 0 Å². The molecule has 5 heterocycles. The SMILES string of the molecule is CC[C@H](C)[C@@H]1NC(=O)CNC(=O)[C@H]2CC(=O)[C@H]([C@@H](C)[C@@H](O)CO)NC(=O)[C@@H]3C[C@@H](O)CN3C(=O)[C@H](CC(=O)NCc3ccc(NC(=O)[C@H](C)CC(=O)[C@@H](NC(=O)CCN4C(=O)CC(SC(C)(C)C)C4=O)C(C)C)cc3)CC(=O)[C@H](CS(=O)c3[nH]c4cc(O)ccc4c3C2)NC(=O)CNC1=O. The Morgan fingerprint density at radius 3 is 2.11 bits per heavy atom. The number of phenolic OH excluding ortho intramolecular Hbond substituents is 1. The first-order chi connectivity index (χ1) is 47.1. The van der Waals surface area contributed by atoms with Crippen molar-refractivity contribution in [2.45, 2.75) is 184 Å². The Labute approximate surface area is 585 Å². The first-order valence-electron chi connectivity index (χ1n) is 33.6. The molecule has 100 heavy (non-hydrogen) atoms. The minimum absolute atomic E-state index is 0.0308. The van der Waals surface area contributed by atoms with Crippen LogP contribution in [0.4, 0.5) is 5.69 Å². The topological polar surface area (TPSA) is 455 Å². The van der Waals surface area contributed by atoms with Gasteiger partial charge in [-0.15, -0.1) is 11.8 Å². The summed E-state index contributed by atoms with van der Waals surface area (Å²) in [5.74, 6) is -17.9. The number of thioether (sulfide) groups is 1. The first-order valence-corrected chi connectivity index (χ1v) is 35.8.